The third-order valence-electron chi connectivity index (χ3n) is 6.14. The lowest BCUT2D eigenvalue weighted by molar-refractivity contribution is -0.384. The fraction of sp³-hybridized carbons (Fsp3) is 0.154. The Bertz CT molecular complexity index is 1680. The summed E-state index contributed by atoms with van der Waals surface area (Å²) in [5.74, 6) is -2.50. The molecule has 1 unspecified atom stereocenters. The van der Waals surface area contributed by atoms with Gasteiger partial charge in [-0.3, -0.25) is 29.4 Å². The minimum Gasteiger partial charge on any atom is -0.503 e. The molecule has 4 aromatic rings. The highest BCUT2D eigenvalue weighted by Crippen LogP contribution is 2.44. The average Bonchev–Trinajstić information content (AvgIpc) is 3.57. The number of aromatic nitrogens is 1. The summed E-state index contributed by atoms with van der Waals surface area (Å²) in [7, 11) is 1.45. The zero-order valence-electron chi connectivity index (χ0n) is 20.3. The van der Waals surface area contributed by atoms with Crippen LogP contribution >= 0.6 is 11.3 Å². The fourth-order valence-electron chi connectivity index (χ4n) is 4.38. The molecular formula is C26H19N3O8S. The van der Waals surface area contributed by atoms with Crippen LogP contribution in [0.15, 0.2) is 64.3 Å². The molecule has 0 fully saturated rings. The number of amides is 1. The first kappa shape index (κ1) is 24.8. The molecule has 1 atom stereocenters. The van der Waals surface area contributed by atoms with Gasteiger partial charge in [0.25, 0.3) is 11.6 Å². The summed E-state index contributed by atoms with van der Waals surface area (Å²) in [5.41, 5.74) is 0.518. The quantitative estimate of drug-likeness (QED) is 0.194. The first-order valence-corrected chi connectivity index (χ1v) is 12.0. The highest BCUT2D eigenvalue weighted by Gasteiger charge is 2.47. The van der Waals surface area contributed by atoms with Crippen molar-refractivity contribution in [3.63, 3.8) is 0 Å². The highest BCUT2D eigenvalue weighted by molar-refractivity contribution is 7.17. The zero-order valence-corrected chi connectivity index (χ0v) is 21.1. The van der Waals surface area contributed by atoms with E-state index in [0.29, 0.717) is 32.9 Å². The summed E-state index contributed by atoms with van der Waals surface area (Å²) < 4.78 is 11.1. The molecular weight excluding hydrogens is 514 g/mol. The maximum absolute atomic E-state index is 13.8. The number of aryl methyl sites for hydroxylation is 1. The lowest BCUT2D eigenvalue weighted by atomic mass is 9.95. The normalized spacial score (nSPS) is 15.4. The van der Waals surface area contributed by atoms with E-state index in [-0.39, 0.29) is 27.9 Å². The van der Waals surface area contributed by atoms with Gasteiger partial charge in [-0.15, -0.1) is 0 Å². The van der Waals surface area contributed by atoms with Crippen molar-refractivity contribution in [1.29, 1.82) is 0 Å². The van der Waals surface area contributed by atoms with E-state index in [0.717, 1.165) is 16.2 Å². The number of anilines is 1. The number of carbonyl (C=O) groups excluding carboxylic acids is 3. The van der Waals surface area contributed by atoms with Gasteiger partial charge in [-0.2, -0.15) is 0 Å². The van der Waals surface area contributed by atoms with Crippen LogP contribution in [-0.2, 0) is 4.79 Å². The van der Waals surface area contributed by atoms with Crippen LogP contribution in [0, 0.1) is 17.0 Å². The summed E-state index contributed by atoms with van der Waals surface area (Å²) in [5, 5.41) is 22.8. The SMILES string of the molecule is COc1cccc2cc(C(=O)C3=C(O)C(=O)N(c4nc(C)c(C(C)=O)s4)C3c3ccc([N+](=O)[O-])cc3)oc12. The van der Waals surface area contributed by atoms with Crippen LogP contribution in [0.1, 0.15) is 44.4 Å². The molecule has 1 N–H and O–H groups in total. The smallest absolute Gasteiger partial charge is 0.296 e. The Hall–Kier alpha value is -4.84. The molecule has 0 radical (unpaired) electrons. The van der Waals surface area contributed by atoms with Crippen LogP contribution in [0.25, 0.3) is 11.0 Å². The Morgan fingerprint density at radius 2 is 1.92 bits per heavy atom. The molecule has 3 heterocycles. The number of aliphatic hydroxyl groups is 1. The number of Topliss-reactive ketones (excluding diaryl/α,β-unsaturated/α-hetero) is 2. The summed E-state index contributed by atoms with van der Waals surface area (Å²) in [6.45, 7) is 2.98. The van der Waals surface area contributed by atoms with Crippen molar-refractivity contribution in [1.82, 2.24) is 4.98 Å². The van der Waals surface area contributed by atoms with Crippen LogP contribution in [0.5, 0.6) is 5.75 Å². The van der Waals surface area contributed by atoms with Gasteiger partial charge in [0, 0.05) is 24.4 Å². The number of fused-ring (bicyclic) bond motifs is 1. The van der Waals surface area contributed by atoms with Crippen molar-refractivity contribution < 1.29 is 33.6 Å². The molecule has 2 aromatic carbocycles. The standard InChI is InChI=1S/C26H19N3O8S/c1-12-24(13(2)30)38-26(27-12)28-20(14-7-9-16(10-8-14)29(34)35)19(22(32)25(28)33)21(31)18-11-15-5-4-6-17(36-3)23(15)37-18/h4-11,20,32H,1-3H3. The number of aliphatic hydroxyl groups excluding tert-OH is 1. The third kappa shape index (κ3) is 3.91. The van der Waals surface area contributed by atoms with E-state index >= 15 is 0 Å². The van der Waals surface area contributed by atoms with Crippen LogP contribution in [0.2, 0.25) is 0 Å². The molecule has 2 aromatic heterocycles. The summed E-state index contributed by atoms with van der Waals surface area (Å²) >= 11 is 0.943. The summed E-state index contributed by atoms with van der Waals surface area (Å²) in [6, 6.07) is 10.6. The average molecular weight is 534 g/mol. The van der Waals surface area contributed by atoms with E-state index in [1.165, 1.54) is 44.4 Å². The molecule has 192 valence electrons. The molecule has 12 heteroatoms. The Morgan fingerprint density at radius 1 is 1.21 bits per heavy atom. The van der Waals surface area contributed by atoms with Gasteiger partial charge in [0.15, 0.2) is 33.8 Å². The number of nitro benzene ring substituents is 1. The highest BCUT2D eigenvalue weighted by atomic mass is 32.1. The molecule has 0 spiro atoms. The van der Waals surface area contributed by atoms with Crippen LogP contribution in [-0.4, -0.2) is 39.6 Å². The van der Waals surface area contributed by atoms with Crippen molar-refractivity contribution in [2.24, 2.45) is 0 Å². The van der Waals surface area contributed by atoms with Crippen molar-refractivity contribution in [3.8, 4) is 5.75 Å². The predicted octanol–water partition coefficient (Wildman–Crippen LogP) is 5.10. The number of benzene rings is 2. The van der Waals surface area contributed by atoms with Crippen LogP contribution in [0.4, 0.5) is 10.8 Å². The number of hydrogen-bond acceptors (Lipinski definition) is 10. The summed E-state index contributed by atoms with van der Waals surface area (Å²) in [6.07, 6.45) is 0. The predicted molar refractivity (Wildman–Crippen MR) is 137 cm³/mol. The van der Waals surface area contributed by atoms with Gasteiger partial charge in [-0.05, 0) is 36.8 Å². The molecule has 1 aliphatic rings. The van der Waals surface area contributed by atoms with Gasteiger partial charge >= 0.3 is 0 Å². The number of furan rings is 1. The number of rotatable bonds is 7. The maximum atomic E-state index is 13.8. The molecule has 38 heavy (non-hydrogen) atoms. The van der Waals surface area contributed by atoms with Gasteiger partial charge in [0.05, 0.1) is 34.2 Å². The second-order valence-corrected chi connectivity index (χ2v) is 9.45. The minimum atomic E-state index is -1.20. The van der Waals surface area contributed by atoms with Crippen molar-refractivity contribution in [2.45, 2.75) is 19.9 Å². The molecule has 0 aliphatic carbocycles. The second-order valence-electron chi connectivity index (χ2n) is 8.47. The van der Waals surface area contributed by atoms with Gasteiger partial charge in [0.2, 0.25) is 5.78 Å². The molecule has 1 amide bonds. The Labute approximate surface area is 218 Å². The van der Waals surface area contributed by atoms with Crippen molar-refractivity contribution in [3.05, 3.63) is 91.9 Å². The van der Waals surface area contributed by atoms with Gasteiger partial charge in [-0.1, -0.05) is 23.5 Å². The molecule has 11 nitrogen and oxygen atoms in total. The number of nitro groups is 1. The zero-order chi connectivity index (χ0) is 27.3. The number of non-ortho nitro benzene ring substituents is 1. The van der Waals surface area contributed by atoms with Gasteiger partial charge in [-0.25, -0.2) is 4.98 Å². The van der Waals surface area contributed by atoms with E-state index in [2.05, 4.69) is 4.98 Å². The van der Waals surface area contributed by atoms with E-state index in [9.17, 15) is 29.6 Å². The number of nitrogens with zero attached hydrogens (tertiary/aromatic N) is 3. The monoisotopic (exact) mass is 533 g/mol. The minimum absolute atomic E-state index is 0.0849. The van der Waals surface area contributed by atoms with Gasteiger partial charge < -0.3 is 14.3 Å². The maximum Gasteiger partial charge on any atom is 0.296 e. The number of hydrogen-bond donors (Lipinski definition) is 1. The fourth-order valence-corrected chi connectivity index (χ4v) is 5.37. The first-order valence-electron chi connectivity index (χ1n) is 11.2. The molecule has 5 rings (SSSR count). The Balaban J connectivity index is 1.67. The number of carbonyl (C=O) groups is 3. The molecule has 0 saturated carbocycles. The van der Waals surface area contributed by atoms with Crippen LogP contribution < -0.4 is 9.64 Å². The largest absolute Gasteiger partial charge is 0.503 e. The number of ether oxygens (including phenoxy) is 1. The lowest BCUT2D eigenvalue weighted by Gasteiger charge is -2.24. The second kappa shape index (κ2) is 9.23. The number of thiazole rings is 1. The number of ketones is 2. The van der Waals surface area contributed by atoms with Gasteiger partial charge in [0.1, 0.15) is 0 Å². The van der Waals surface area contributed by atoms with E-state index in [4.69, 9.17) is 9.15 Å². The lowest BCUT2D eigenvalue weighted by Crippen LogP contribution is -2.31. The third-order valence-corrected chi connectivity index (χ3v) is 7.39. The summed E-state index contributed by atoms with van der Waals surface area (Å²) in [4.78, 5) is 55.6. The van der Waals surface area contributed by atoms with Crippen molar-refractivity contribution >= 4 is 50.6 Å². The topological polar surface area (TPSA) is 153 Å². The number of methoxy groups -OCH3 is 1. The molecule has 1 aliphatic heterocycles. The molecule has 0 saturated heterocycles. The number of para-hydroxylation sites is 1. The van der Waals surface area contributed by atoms with Crippen LogP contribution in [0.3, 0.4) is 0 Å². The Morgan fingerprint density at radius 3 is 2.53 bits per heavy atom. The van der Waals surface area contributed by atoms with E-state index < -0.39 is 28.4 Å². The van der Waals surface area contributed by atoms with E-state index in [1.54, 1.807) is 25.1 Å². The Kier molecular flexibility index (Phi) is 6.03. The first-order chi connectivity index (χ1) is 18.1. The van der Waals surface area contributed by atoms with Crippen molar-refractivity contribution in [2.75, 3.05) is 12.0 Å². The van der Waals surface area contributed by atoms with E-state index in [1.807, 2.05) is 0 Å². The molecule has 0 bridgehead atoms.